The van der Waals surface area contributed by atoms with Crippen LogP contribution >= 0.6 is 0 Å². The van der Waals surface area contributed by atoms with Crippen LogP contribution < -0.4 is 15.4 Å². The van der Waals surface area contributed by atoms with E-state index in [9.17, 15) is 4.79 Å². The average molecular weight is 425 g/mol. The van der Waals surface area contributed by atoms with Crippen molar-refractivity contribution in [3.8, 4) is 5.75 Å². The van der Waals surface area contributed by atoms with Gasteiger partial charge in [0, 0.05) is 30.9 Å². The van der Waals surface area contributed by atoms with Gasteiger partial charge in [-0.3, -0.25) is 20.0 Å². The van der Waals surface area contributed by atoms with Crippen molar-refractivity contribution in [2.75, 3.05) is 51.8 Å². The van der Waals surface area contributed by atoms with Gasteiger partial charge in [-0.1, -0.05) is 32.0 Å². The Morgan fingerprint density at radius 3 is 2.58 bits per heavy atom. The van der Waals surface area contributed by atoms with Crippen LogP contribution in [0, 0.1) is 0 Å². The Morgan fingerprint density at radius 2 is 1.90 bits per heavy atom. The highest BCUT2D eigenvalue weighted by molar-refractivity contribution is 6.10. The molecule has 0 aliphatic carbocycles. The van der Waals surface area contributed by atoms with E-state index in [2.05, 4.69) is 46.5 Å². The second-order valence-corrected chi connectivity index (χ2v) is 7.77. The summed E-state index contributed by atoms with van der Waals surface area (Å²) >= 11 is 0. The van der Waals surface area contributed by atoms with Crippen LogP contribution in [0.3, 0.4) is 0 Å². The van der Waals surface area contributed by atoms with Crippen molar-refractivity contribution in [2.24, 2.45) is 4.99 Å². The first-order chi connectivity index (χ1) is 15.0. The molecule has 0 bridgehead atoms. The molecule has 31 heavy (non-hydrogen) atoms. The molecular weight excluding hydrogens is 392 g/mol. The zero-order chi connectivity index (χ0) is 22.1. The average Bonchev–Trinajstić information content (AvgIpc) is 2.80. The van der Waals surface area contributed by atoms with Crippen molar-refractivity contribution in [1.82, 2.24) is 10.2 Å². The minimum atomic E-state index is -0.240. The number of aliphatic imine (C=N–C) groups is 1. The number of nitrogens with one attached hydrogen (secondary N) is 2. The Labute approximate surface area is 184 Å². The van der Waals surface area contributed by atoms with E-state index in [4.69, 9.17) is 9.47 Å². The molecule has 3 rings (SSSR count). The smallest absolute Gasteiger partial charge is 0.258 e. The molecule has 1 aliphatic heterocycles. The van der Waals surface area contributed by atoms with Gasteiger partial charge in [0.2, 0.25) is 5.96 Å². The lowest BCUT2D eigenvalue weighted by Crippen LogP contribution is -2.39. The summed E-state index contributed by atoms with van der Waals surface area (Å²) in [4.78, 5) is 19.8. The maximum atomic E-state index is 12.8. The van der Waals surface area contributed by atoms with Gasteiger partial charge in [-0.05, 0) is 41.8 Å². The molecule has 2 aromatic rings. The number of ether oxygens (including phenoxy) is 2. The Kier molecular flexibility index (Phi) is 8.44. The molecule has 166 valence electrons. The predicted octanol–water partition coefficient (Wildman–Crippen LogP) is 3.35. The summed E-state index contributed by atoms with van der Waals surface area (Å²) in [6.07, 6.45) is 0. The van der Waals surface area contributed by atoms with Crippen LogP contribution in [-0.4, -0.2) is 63.3 Å². The van der Waals surface area contributed by atoms with E-state index < -0.39 is 0 Å². The molecule has 1 fully saturated rings. The molecule has 0 aromatic heterocycles. The van der Waals surface area contributed by atoms with Crippen LogP contribution in [0.4, 0.5) is 5.69 Å². The number of amides is 1. The lowest BCUT2D eigenvalue weighted by Gasteiger charge is -2.25. The summed E-state index contributed by atoms with van der Waals surface area (Å²) in [5.41, 5.74) is 2.65. The minimum absolute atomic E-state index is 0.240. The van der Waals surface area contributed by atoms with Gasteiger partial charge in [0.1, 0.15) is 5.75 Å². The van der Waals surface area contributed by atoms with Crippen molar-refractivity contribution in [3.05, 3.63) is 59.7 Å². The van der Waals surface area contributed by atoms with E-state index in [1.54, 1.807) is 25.3 Å². The van der Waals surface area contributed by atoms with Crippen LogP contribution in [0.5, 0.6) is 5.75 Å². The zero-order valence-corrected chi connectivity index (χ0v) is 18.6. The van der Waals surface area contributed by atoms with E-state index in [1.807, 2.05) is 18.2 Å². The van der Waals surface area contributed by atoms with Gasteiger partial charge in [0.05, 0.1) is 26.9 Å². The van der Waals surface area contributed by atoms with Gasteiger partial charge in [-0.15, -0.1) is 0 Å². The van der Waals surface area contributed by atoms with Gasteiger partial charge < -0.3 is 14.8 Å². The third-order valence-electron chi connectivity index (χ3n) is 5.19. The molecule has 0 unspecified atom stereocenters. The van der Waals surface area contributed by atoms with Crippen LogP contribution in [-0.2, 0) is 4.74 Å². The lowest BCUT2D eigenvalue weighted by atomic mass is 10.0. The van der Waals surface area contributed by atoms with Crippen molar-refractivity contribution >= 4 is 17.6 Å². The third-order valence-corrected chi connectivity index (χ3v) is 5.19. The Bertz CT molecular complexity index is 875. The van der Waals surface area contributed by atoms with Crippen molar-refractivity contribution in [2.45, 2.75) is 19.8 Å². The number of morpholine rings is 1. The van der Waals surface area contributed by atoms with Gasteiger partial charge >= 0.3 is 0 Å². The summed E-state index contributed by atoms with van der Waals surface area (Å²) < 4.78 is 10.6. The Hall–Kier alpha value is -2.90. The Balaban J connectivity index is 1.70. The highest BCUT2D eigenvalue weighted by Crippen LogP contribution is 2.17. The first kappa shape index (κ1) is 22.8. The molecular formula is C24H32N4O3. The predicted molar refractivity (Wildman–Crippen MR) is 124 cm³/mol. The molecule has 0 radical (unpaired) electrons. The van der Waals surface area contributed by atoms with E-state index in [0.717, 1.165) is 38.5 Å². The molecule has 2 aromatic carbocycles. The van der Waals surface area contributed by atoms with Crippen molar-refractivity contribution in [3.63, 3.8) is 0 Å². The summed E-state index contributed by atoms with van der Waals surface area (Å²) in [5.74, 6) is 1.29. The number of hydrogen-bond donors (Lipinski definition) is 2. The highest BCUT2D eigenvalue weighted by Gasteiger charge is 2.12. The van der Waals surface area contributed by atoms with Gasteiger partial charge in [-0.25, -0.2) is 0 Å². The quantitative estimate of drug-likeness (QED) is 0.527. The van der Waals surface area contributed by atoms with Gasteiger partial charge in [0.15, 0.2) is 0 Å². The molecule has 1 aliphatic rings. The molecule has 7 nitrogen and oxygen atoms in total. The normalized spacial score (nSPS) is 15.0. The SMILES string of the molecule is COc1cccc(C(=O)NC(=NCCN2CCOCC2)Nc2ccc(C(C)C)cc2)c1. The summed E-state index contributed by atoms with van der Waals surface area (Å²) in [6.45, 7) is 9.04. The second kappa shape index (κ2) is 11.5. The van der Waals surface area contributed by atoms with Crippen LogP contribution in [0.1, 0.15) is 35.7 Å². The number of rotatable bonds is 7. The molecule has 0 spiro atoms. The molecule has 0 saturated carbocycles. The van der Waals surface area contributed by atoms with Gasteiger partial charge in [0.25, 0.3) is 5.91 Å². The first-order valence-electron chi connectivity index (χ1n) is 10.7. The fourth-order valence-electron chi connectivity index (χ4n) is 3.27. The lowest BCUT2D eigenvalue weighted by molar-refractivity contribution is 0.0394. The third kappa shape index (κ3) is 7.08. The van der Waals surface area contributed by atoms with Crippen LogP contribution in [0.15, 0.2) is 53.5 Å². The molecule has 0 atom stereocenters. The number of guanidine groups is 1. The molecule has 2 N–H and O–H groups in total. The number of hydrogen-bond acceptors (Lipinski definition) is 5. The maximum absolute atomic E-state index is 12.8. The number of carbonyl (C=O) groups excluding carboxylic acids is 1. The van der Waals surface area contributed by atoms with E-state index in [0.29, 0.717) is 29.7 Å². The van der Waals surface area contributed by atoms with Crippen LogP contribution in [0.2, 0.25) is 0 Å². The summed E-state index contributed by atoms with van der Waals surface area (Å²) in [7, 11) is 1.58. The highest BCUT2D eigenvalue weighted by atomic mass is 16.5. The van der Waals surface area contributed by atoms with Crippen molar-refractivity contribution in [1.29, 1.82) is 0 Å². The number of anilines is 1. The first-order valence-corrected chi connectivity index (χ1v) is 10.7. The van der Waals surface area contributed by atoms with Gasteiger partial charge in [-0.2, -0.15) is 0 Å². The fraction of sp³-hybridized carbons (Fsp3) is 0.417. The van der Waals surface area contributed by atoms with E-state index in [1.165, 1.54) is 5.56 Å². The fourth-order valence-corrected chi connectivity index (χ4v) is 3.27. The topological polar surface area (TPSA) is 75.2 Å². The van der Waals surface area contributed by atoms with E-state index in [-0.39, 0.29) is 5.91 Å². The zero-order valence-electron chi connectivity index (χ0n) is 18.6. The number of nitrogens with zero attached hydrogens (tertiary/aromatic N) is 2. The number of carbonyl (C=O) groups is 1. The standard InChI is InChI=1S/C24H32N4O3/c1-18(2)19-7-9-21(10-8-19)26-24(25-11-12-28-13-15-31-16-14-28)27-23(29)20-5-4-6-22(17-20)30-3/h4-10,17-18H,11-16H2,1-3H3,(H2,25,26,27,29). The van der Waals surface area contributed by atoms with Crippen LogP contribution in [0.25, 0.3) is 0 Å². The summed E-state index contributed by atoms with van der Waals surface area (Å²) in [5, 5.41) is 6.17. The monoisotopic (exact) mass is 424 g/mol. The molecule has 1 heterocycles. The minimum Gasteiger partial charge on any atom is -0.497 e. The van der Waals surface area contributed by atoms with E-state index >= 15 is 0 Å². The Morgan fingerprint density at radius 1 is 1.16 bits per heavy atom. The number of methoxy groups -OCH3 is 1. The molecule has 1 saturated heterocycles. The maximum Gasteiger partial charge on any atom is 0.258 e. The second-order valence-electron chi connectivity index (χ2n) is 7.77. The molecule has 1 amide bonds. The largest absolute Gasteiger partial charge is 0.497 e. The molecule has 7 heteroatoms. The van der Waals surface area contributed by atoms with Crippen molar-refractivity contribution < 1.29 is 14.3 Å². The summed E-state index contributed by atoms with van der Waals surface area (Å²) in [6, 6.07) is 15.2. The number of benzene rings is 2.